The molecule has 0 saturated heterocycles. The zero-order valence-corrected chi connectivity index (χ0v) is 19.1. The first kappa shape index (κ1) is 24.8. The van der Waals surface area contributed by atoms with Gasteiger partial charge in [-0.15, -0.1) is 0 Å². The molecule has 2 aromatic carbocycles. The van der Waals surface area contributed by atoms with Gasteiger partial charge in [-0.2, -0.15) is 13.2 Å². The summed E-state index contributed by atoms with van der Waals surface area (Å²) in [5.74, 6) is -0.285. The number of nitrogens with zero attached hydrogens (tertiary/aromatic N) is 1. The summed E-state index contributed by atoms with van der Waals surface area (Å²) in [6, 6.07) is 10.7. The molecule has 0 amide bonds. The Kier molecular flexibility index (Phi) is 7.19. The number of alkyl halides is 3. The van der Waals surface area contributed by atoms with Gasteiger partial charge in [-0.3, -0.25) is 9.79 Å². The maximum Gasteiger partial charge on any atom is 0.422 e. The molecule has 5 nitrogen and oxygen atoms in total. The number of fused-ring (bicyclic) bond motifs is 1. The highest BCUT2D eigenvalue weighted by atomic mass is 35.5. The standard InChI is InChI=1S/C24H24ClF3N2O3/c1-4-15(16-8-10-18(25)14(2)22(16)33-3)12-23(32,24(26,27)28)13-29-19-6-5-7-20-17(19)9-11-21(31)30-20/h5-11,13,15,32H,4,12H2,1-3H3,(H,30,31)/b29-13+. The van der Waals surface area contributed by atoms with Gasteiger partial charge in [0.05, 0.1) is 18.3 Å². The van der Waals surface area contributed by atoms with Crippen LogP contribution in [0, 0.1) is 6.92 Å². The number of aliphatic hydroxyl groups is 1. The van der Waals surface area contributed by atoms with Crippen molar-refractivity contribution in [2.45, 2.75) is 44.4 Å². The molecule has 2 unspecified atom stereocenters. The lowest BCUT2D eigenvalue weighted by molar-refractivity contribution is -0.232. The summed E-state index contributed by atoms with van der Waals surface area (Å²) in [6.45, 7) is 3.46. The van der Waals surface area contributed by atoms with Gasteiger partial charge in [0.25, 0.3) is 0 Å². The lowest BCUT2D eigenvalue weighted by atomic mass is 9.83. The van der Waals surface area contributed by atoms with Gasteiger partial charge in [-0.25, -0.2) is 0 Å². The van der Waals surface area contributed by atoms with Gasteiger partial charge in [0.1, 0.15) is 5.75 Å². The molecule has 0 spiro atoms. The van der Waals surface area contributed by atoms with Crippen molar-refractivity contribution < 1.29 is 23.0 Å². The third-order valence-corrected chi connectivity index (χ3v) is 6.12. The van der Waals surface area contributed by atoms with Gasteiger partial charge in [0.2, 0.25) is 5.56 Å². The number of aromatic nitrogens is 1. The van der Waals surface area contributed by atoms with Crippen LogP contribution in [0.4, 0.5) is 18.9 Å². The molecule has 176 valence electrons. The maximum absolute atomic E-state index is 14.1. The quantitative estimate of drug-likeness (QED) is 0.402. The van der Waals surface area contributed by atoms with E-state index in [4.69, 9.17) is 16.3 Å². The number of hydrogen-bond acceptors (Lipinski definition) is 4. The molecule has 0 saturated carbocycles. The second kappa shape index (κ2) is 9.57. The maximum atomic E-state index is 14.1. The van der Waals surface area contributed by atoms with Crippen LogP contribution in [-0.2, 0) is 0 Å². The fourth-order valence-corrected chi connectivity index (χ4v) is 3.98. The predicted molar refractivity (Wildman–Crippen MR) is 124 cm³/mol. The van der Waals surface area contributed by atoms with Crippen LogP contribution in [0.15, 0.2) is 52.3 Å². The van der Waals surface area contributed by atoms with Crippen molar-refractivity contribution in [1.29, 1.82) is 0 Å². The summed E-state index contributed by atoms with van der Waals surface area (Å²) in [6.07, 6.45) is -4.78. The molecule has 0 aliphatic rings. The Morgan fingerprint density at radius 2 is 1.94 bits per heavy atom. The molecule has 0 aliphatic carbocycles. The van der Waals surface area contributed by atoms with Gasteiger partial charge in [-0.05, 0) is 55.5 Å². The summed E-state index contributed by atoms with van der Waals surface area (Å²) >= 11 is 6.14. The summed E-state index contributed by atoms with van der Waals surface area (Å²) in [4.78, 5) is 18.1. The van der Waals surface area contributed by atoms with Crippen LogP contribution in [0.1, 0.15) is 36.8 Å². The fraction of sp³-hybridized carbons (Fsp3) is 0.333. The van der Waals surface area contributed by atoms with Gasteiger partial charge >= 0.3 is 6.18 Å². The molecule has 2 atom stereocenters. The number of H-pyrrole nitrogens is 1. The van der Waals surface area contributed by atoms with Gasteiger partial charge in [0.15, 0.2) is 5.60 Å². The number of nitrogens with one attached hydrogen (secondary N) is 1. The van der Waals surface area contributed by atoms with Crippen LogP contribution in [0.2, 0.25) is 5.02 Å². The van der Waals surface area contributed by atoms with Crippen LogP contribution >= 0.6 is 11.6 Å². The summed E-state index contributed by atoms with van der Waals surface area (Å²) in [7, 11) is 1.43. The van der Waals surface area contributed by atoms with E-state index in [-0.39, 0.29) is 11.2 Å². The number of aromatic amines is 1. The summed E-state index contributed by atoms with van der Waals surface area (Å²) < 4.78 is 47.6. The lowest BCUT2D eigenvalue weighted by Crippen LogP contribution is -2.47. The van der Waals surface area contributed by atoms with E-state index in [0.29, 0.717) is 45.4 Å². The number of rotatable bonds is 7. The van der Waals surface area contributed by atoms with Crippen molar-refractivity contribution in [3.8, 4) is 5.75 Å². The van der Waals surface area contributed by atoms with E-state index < -0.39 is 24.1 Å². The third kappa shape index (κ3) is 5.07. The van der Waals surface area contributed by atoms with Crippen molar-refractivity contribution in [2.24, 2.45) is 4.99 Å². The highest BCUT2D eigenvalue weighted by molar-refractivity contribution is 6.31. The smallest absolute Gasteiger partial charge is 0.422 e. The van der Waals surface area contributed by atoms with Gasteiger partial charge in [-0.1, -0.05) is 30.7 Å². The normalized spacial score (nSPS) is 15.0. The Labute approximate surface area is 193 Å². The SMILES string of the molecule is CCC(CC(O)(/C=N/c1cccc2[nH]c(=O)ccc12)C(F)(F)F)c1ccc(Cl)c(C)c1OC. The first-order valence-electron chi connectivity index (χ1n) is 10.3. The molecule has 9 heteroatoms. The molecule has 3 aromatic rings. The van der Waals surface area contributed by atoms with E-state index in [9.17, 15) is 23.1 Å². The molecule has 0 fully saturated rings. The van der Waals surface area contributed by atoms with E-state index in [1.54, 1.807) is 38.1 Å². The second-order valence-electron chi connectivity index (χ2n) is 7.85. The number of halogens is 4. The zero-order chi connectivity index (χ0) is 24.4. The molecule has 33 heavy (non-hydrogen) atoms. The first-order valence-corrected chi connectivity index (χ1v) is 10.7. The van der Waals surface area contributed by atoms with E-state index >= 15 is 0 Å². The van der Waals surface area contributed by atoms with Crippen molar-refractivity contribution in [1.82, 2.24) is 4.98 Å². The Morgan fingerprint density at radius 3 is 2.58 bits per heavy atom. The van der Waals surface area contributed by atoms with Crippen molar-refractivity contribution >= 4 is 34.4 Å². The minimum atomic E-state index is -4.97. The largest absolute Gasteiger partial charge is 0.496 e. The van der Waals surface area contributed by atoms with Crippen LogP contribution in [0.3, 0.4) is 0 Å². The first-order chi connectivity index (χ1) is 15.5. The predicted octanol–water partition coefficient (Wildman–Crippen LogP) is 6.08. The lowest BCUT2D eigenvalue weighted by Gasteiger charge is -2.31. The second-order valence-corrected chi connectivity index (χ2v) is 8.25. The molecule has 2 N–H and O–H groups in total. The van der Waals surface area contributed by atoms with Crippen LogP contribution < -0.4 is 10.3 Å². The van der Waals surface area contributed by atoms with Gasteiger partial charge in [0, 0.05) is 28.3 Å². The Bertz CT molecular complexity index is 1240. The number of pyridine rings is 1. The fourth-order valence-electron chi connectivity index (χ4n) is 3.83. The number of aliphatic imine (C=N–C) groups is 1. The molecule has 1 heterocycles. The Balaban J connectivity index is 2.04. The monoisotopic (exact) mass is 480 g/mol. The van der Waals surface area contributed by atoms with Crippen molar-refractivity contribution in [2.75, 3.05) is 7.11 Å². The number of benzene rings is 2. The minimum Gasteiger partial charge on any atom is -0.496 e. The van der Waals surface area contributed by atoms with Crippen LogP contribution in [0.25, 0.3) is 10.9 Å². The van der Waals surface area contributed by atoms with E-state index in [1.165, 1.54) is 25.3 Å². The number of ether oxygens (including phenoxy) is 1. The zero-order valence-electron chi connectivity index (χ0n) is 18.3. The van der Waals surface area contributed by atoms with E-state index in [0.717, 1.165) is 0 Å². The average Bonchev–Trinajstić information content (AvgIpc) is 2.76. The van der Waals surface area contributed by atoms with Crippen LogP contribution in [-0.4, -0.2) is 35.2 Å². The van der Waals surface area contributed by atoms with E-state index in [2.05, 4.69) is 9.98 Å². The van der Waals surface area contributed by atoms with Crippen molar-refractivity contribution in [3.63, 3.8) is 0 Å². The highest BCUT2D eigenvalue weighted by Gasteiger charge is 2.53. The molecule has 3 rings (SSSR count). The van der Waals surface area contributed by atoms with E-state index in [1.807, 2.05) is 0 Å². The van der Waals surface area contributed by atoms with Crippen molar-refractivity contribution in [3.05, 3.63) is 69.0 Å². The number of hydrogen-bond donors (Lipinski definition) is 2. The molecular weight excluding hydrogens is 457 g/mol. The minimum absolute atomic E-state index is 0.194. The third-order valence-electron chi connectivity index (χ3n) is 5.72. The topological polar surface area (TPSA) is 74.7 Å². The molecule has 0 radical (unpaired) electrons. The molecule has 0 bridgehead atoms. The molecule has 1 aromatic heterocycles. The molecular formula is C24H24ClF3N2O3. The summed E-state index contributed by atoms with van der Waals surface area (Å²) in [5.41, 5.74) is -1.77. The molecule has 0 aliphatic heterocycles. The Hall–Kier alpha value is -2.84. The summed E-state index contributed by atoms with van der Waals surface area (Å²) in [5, 5.41) is 11.7. The average molecular weight is 481 g/mol. The number of methoxy groups -OCH3 is 1. The Morgan fingerprint density at radius 1 is 1.21 bits per heavy atom. The highest BCUT2D eigenvalue weighted by Crippen LogP contribution is 2.43. The van der Waals surface area contributed by atoms with Crippen LogP contribution in [0.5, 0.6) is 5.75 Å². The van der Waals surface area contributed by atoms with Gasteiger partial charge < -0.3 is 14.8 Å².